The molecule has 0 atom stereocenters. The molecule has 0 bridgehead atoms. The Morgan fingerprint density at radius 1 is 1.08 bits per heavy atom. The Bertz CT molecular complexity index is 741. The van der Waals surface area contributed by atoms with Crippen LogP contribution in [0, 0.1) is 0 Å². The summed E-state index contributed by atoms with van der Waals surface area (Å²) in [6.07, 6.45) is 8.39. The van der Waals surface area contributed by atoms with Crippen LogP contribution in [0.15, 0.2) is 48.0 Å². The quantitative estimate of drug-likeness (QED) is 0.737. The summed E-state index contributed by atoms with van der Waals surface area (Å²) < 4.78 is 0. The molecule has 130 valence electrons. The molecule has 1 aromatic heterocycles. The molecule has 25 heavy (non-hydrogen) atoms. The Labute approximate surface area is 152 Å². The van der Waals surface area contributed by atoms with Gasteiger partial charge in [-0.2, -0.15) is 0 Å². The van der Waals surface area contributed by atoms with E-state index in [1.165, 1.54) is 31.3 Å². The Kier molecular flexibility index (Phi) is 6.01. The van der Waals surface area contributed by atoms with E-state index in [0.29, 0.717) is 16.5 Å². The minimum absolute atomic E-state index is 0.274. The number of allylic oxidation sites excluding steroid dienone is 1. The fraction of sp³-hybridized carbons (Fsp3) is 0.316. The van der Waals surface area contributed by atoms with Gasteiger partial charge in [-0.15, -0.1) is 10.2 Å². The molecule has 0 fully saturated rings. The molecule has 2 aromatic rings. The monoisotopic (exact) mass is 356 g/mol. The summed E-state index contributed by atoms with van der Waals surface area (Å²) in [6, 6.07) is 10.4. The van der Waals surface area contributed by atoms with E-state index in [4.69, 9.17) is 11.6 Å². The van der Waals surface area contributed by atoms with Gasteiger partial charge in [0.25, 0.3) is 5.91 Å². The summed E-state index contributed by atoms with van der Waals surface area (Å²) in [5.74, 6) is 0.383. The number of halogens is 1. The molecule has 1 heterocycles. The molecule has 0 saturated heterocycles. The molecule has 1 amide bonds. The summed E-state index contributed by atoms with van der Waals surface area (Å²) in [6.45, 7) is 0.830. The molecule has 1 aliphatic rings. The van der Waals surface area contributed by atoms with Crippen molar-refractivity contribution in [3.63, 3.8) is 0 Å². The van der Waals surface area contributed by atoms with Crippen molar-refractivity contribution in [3.8, 4) is 0 Å². The van der Waals surface area contributed by atoms with Crippen LogP contribution in [0.2, 0.25) is 5.02 Å². The lowest BCUT2D eigenvalue weighted by Gasteiger charge is -2.13. The zero-order chi connectivity index (χ0) is 17.5. The number of nitrogens with zero attached hydrogens (tertiary/aromatic N) is 2. The van der Waals surface area contributed by atoms with Gasteiger partial charge < -0.3 is 10.6 Å². The summed E-state index contributed by atoms with van der Waals surface area (Å²) in [7, 11) is 0. The van der Waals surface area contributed by atoms with E-state index in [1.54, 1.807) is 36.4 Å². The third kappa shape index (κ3) is 5.29. The van der Waals surface area contributed by atoms with Crippen LogP contribution in [0.5, 0.6) is 0 Å². The zero-order valence-corrected chi connectivity index (χ0v) is 14.7. The molecule has 1 aromatic carbocycles. The first kappa shape index (κ1) is 17.4. The van der Waals surface area contributed by atoms with Gasteiger partial charge in [0.05, 0.1) is 0 Å². The largest absolute Gasteiger partial charge is 0.368 e. The maximum Gasteiger partial charge on any atom is 0.276 e. The molecule has 0 saturated carbocycles. The van der Waals surface area contributed by atoms with Crippen molar-refractivity contribution < 1.29 is 4.79 Å². The van der Waals surface area contributed by atoms with Crippen LogP contribution in [-0.2, 0) is 0 Å². The van der Waals surface area contributed by atoms with Crippen LogP contribution in [0.1, 0.15) is 42.6 Å². The van der Waals surface area contributed by atoms with E-state index >= 15 is 0 Å². The van der Waals surface area contributed by atoms with Gasteiger partial charge in [0.15, 0.2) is 5.69 Å². The van der Waals surface area contributed by atoms with Crippen molar-refractivity contribution in [3.05, 3.63) is 58.8 Å². The maximum atomic E-state index is 12.2. The lowest BCUT2D eigenvalue weighted by atomic mass is 9.97. The van der Waals surface area contributed by atoms with Crippen molar-refractivity contribution >= 4 is 29.0 Å². The van der Waals surface area contributed by atoms with E-state index in [2.05, 4.69) is 26.9 Å². The third-order valence-corrected chi connectivity index (χ3v) is 4.39. The minimum Gasteiger partial charge on any atom is -0.368 e. The van der Waals surface area contributed by atoms with Crippen LogP contribution < -0.4 is 10.6 Å². The normalized spacial score (nSPS) is 13.9. The highest BCUT2D eigenvalue weighted by atomic mass is 35.5. The second-order valence-corrected chi connectivity index (χ2v) is 6.49. The van der Waals surface area contributed by atoms with Gasteiger partial charge in [-0.1, -0.05) is 23.3 Å². The smallest absolute Gasteiger partial charge is 0.276 e. The highest BCUT2D eigenvalue weighted by Gasteiger charge is 2.09. The Hall–Kier alpha value is -2.40. The summed E-state index contributed by atoms with van der Waals surface area (Å²) in [5, 5.41) is 14.7. The number of amides is 1. The van der Waals surface area contributed by atoms with Crippen LogP contribution >= 0.6 is 11.6 Å². The Morgan fingerprint density at radius 2 is 1.92 bits per heavy atom. The number of aromatic nitrogens is 2. The number of carbonyl (C=O) groups excluding carboxylic acids is 1. The highest BCUT2D eigenvalue weighted by molar-refractivity contribution is 6.30. The van der Waals surface area contributed by atoms with Crippen LogP contribution in [0.3, 0.4) is 0 Å². The van der Waals surface area contributed by atoms with Gasteiger partial charge in [-0.05, 0) is 68.5 Å². The van der Waals surface area contributed by atoms with Gasteiger partial charge in [0.1, 0.15) is 5.82 Å². The van der Waals surface area contributed by atoms with Crippen LogP contribution in [0.25, 0.3) is 0 Å². The minimum atomic E-state index is -0.297. The molecular weight excluding hydrogens is 336 g/mol. The molecule has 0 spiro atoms. The molecule has 0 aliphatic heterocycles. The zero-order valence-electron chi connectivity index (χ0n) is 14.0. The van der Waals surface area contributed by atoms with E-state index in [9.17, 15) is 4.79 Å². The number of benzene rings is 1. The van der Waals surface area contributed by atoms with Gasteiger partial charge in [0, 0.05) is 17.3 Å². The Balaban J connectivity index is 1.50. The average molecular weight is 357 g/mol. The Morgan fingerprint density at radius 3 is 2.60 bits per heavy atom. The predicted molar refractivity (Wildman–Crippen MR) is 101 cm³/mol. The molecular formula is C19H21ClN4O. The SMILES string of the molecule is O=C(Nc1ccc(Cl)cc1)c1ccc(NCCC2=CCCCC2)nn1. The van der Waals surface area contributed by atoms with E-state index in [1.807, 2.05) is 0 Å². The number of nitrogens with one attached hydrogen (secondary N) is 2. The van der Waals surface area contributed by atoms with E-state index in [0.717, 1.165) is 13.0 Å². The van der Waals surface area contributed by atoms with Crippen molar-refractivity contribution in [2.45, 2.75) is 32.1 Å². The summed E-state index contributed by atoms with van der Waals surface area (Å²) in [4.78, 5) is 12.2. The number of hydrogen-bond acceptors (Lipinski definition) is 4. The van der Waals surface area contributed by atoms with Crippen molar-refractivity contribution in [1.82, 2.24) is 10.2 Å². The van der Waals surface area contributed by atoms with Crippen LogP contribution in [0.4, 0.5) is 11.5 Å². The standard InChI is InChI=1S/C19H21ClN4O/c20-15-6-8-16(9-7-15)22-19(25)17-10-11-18(24-23-17)21-13-12-14-4-2-1-3-5-14/h4,6-11H,1-3,5,12-13H2,(H,21,24)(H,22,25). The van der Waals surface area contributed by atoms with Crippen molar-refractivity contribution in [2.24, 2.45) is 0 Å². The summed E-state index contributed by atoms with van der Waals surface area (Å²) >= 11 is 5.83. The van der Waals surface area contributed by atoms with E-state index in [-0.39, 0.29) is 11.6 Å². The van der Waals surface area contributed by atoms with E-state index < -0.39 is 0 Å². The van der Waals surface area contributed by atoms with Crippen molar-refractivity contribution in [1.29, 1.82) is 0 Å². The first-order valence-electron chi connectivity index (χ1n) is 8.53. The van der Waals surface area contributed by atoms with Gasteiger partial charge in [-0.3, -0.25) is 4.79 Å². The molecule has 1 aliphatic carbocycles. The van der Waals surface area contributed by atoms with Gasteiger partial charge in [0.2, 0.25) is 0 Å². The lowest BCUT2D eigenvalue weighted by Crippen LogP contribution is -2.15. The molecule has 5 nitrogen and oxygen atoms in total. The van der Waals surface area contributed by atoms with Gasteiger partial charge >= 0.3 is 0 Å². The third-order valence-electron chi connectivity index (χ3n) is 4.14. The topological polar surface area (TPSA) is 66.9 Å². The number of rotatable bonds is 6. The predicted octanol–water partition coefficient (Wildman–Crippen LogP) is 4.68. The molecule has 0 unspecified atom stereocenters. The fourth-order valence-electron chi connectivity index (χ4n) is 2.76. The first-order valence-corrected chi connectivity index (χ1v) is 8.91. The van der Waals surface area contributed by atoms with Crippen molar-refractivity contribution in [2.75, 3.05) is 17.2 Å². The molecule has 3 rings (SSSR count). The molecule has 6 heteroatoms. The number of anilines is 2. The fourth-order valence-corrected chi connectivity index (χ4v) is 2.88. The second-order valence-electron chi connectivity index (χ2n) is 6.05. The highest BCUT2D eigenvalue weighted by Crippen LogP contribution is 2.20. The van der Waals surface area contributed by atoms with Crippen LogP contribution in [-0.4, -0.2) is 22.6 Å². The molecule has 0 radical (unpaired) electrons. The first-order chi connectivity index (χ1) is 12.2. The lowest BCUT2D eigenvalue weighted by molar-refractivity contribution is 0.102. The number of carbonyl (C=O) groups is 1. The maximum absolute atomic E-state index is 12.2. The molecule has 2 N–H and O–H groups in total. The average Bonchev–Trinajstić information content (AvgIpc) is 2.65. The second kappa shape index (κ2) is 8.62. The number of hydrogen-bond donors (Lipinski definition) is 2. The van der Waals surface area contributed by atoms with Gasteiger partial charge in [-0.25, -0.2) is 0 Å². The summed E-state index contributed by atoms with van der Waals surface area (Å²) in [5.41, 5.74) is 2.46.